The second-order valence-electron chi connectivity index (χ2n) is 5.75. The smallest absolute Gasteiger partial charge is 0.0593 e. The van der Waals surface area contributed by atoms with Gasteiger partial charge in [0.25, 0.3) is 0 Å². The first-order valence-electron chi connectivity index (χ1n) is 7.10. The first kappa shape index (κ1) is 14.5. The van der Waals surface area contributed by atoms with Crippen LogP contribution in [0.3, 0.4) is 0 Å². The zero-order chi connectivity index (χ0) is 13.8. The lowest BCUT2D eigenvalue weighted by atomic mass is 10.0. The van der Waals surface area contributed by atoms with Crippen molar-refractivity contribution in [3.8, 4) is 0 Å². The van der Waals surface area contributed by atoms with Gasteiger partial charge in [-0.25, -0.2) is 0 Å². The molecule has 1 saturated carbocycles. The van der Waals surface area contributed by atoms with Crippen molar-refractivity contribution in [3.05, 3.63) is 18.0 Å². The van der Waals surface area contributed by atoms with Gasteiger partial charge < -0.3 is 10.5 Å². The van der Waals surface area contributed by atoms with E-state index in [1.54, 1.807) is 0 Å². The van der Waals surface area contributed by atoms with Crippen LogP contribution in [-0.4, -0.2) is 47.5 Å². The number of hydrogen-bond donors (Lipinski definition) is 1. The van der Waals surface area contributed by atoms with Crippen LogP contribution in [-0.2, 0) is 11.8 Å². The third kappa shape index (κ3) is 4.30. The normalized spacial score (nSPS) is 18.8. The third-order valence-corrected chi connectivity index (χ3v) is 3.68. The molecule has 0 amide bonds. The Hall–Kier alpha value is -0.910. The maximum absolute atomic E-state index is 6.12. The van der Waals surface area contributed by atoms with Crippen molar-refractivity contribution in [2.45, 2.75) is 31.8 Å². The predicted octanol–water partition coefficient (Wildman–Crippen LogP) is 1.17. The fourth-order valence-electron chi connectivity index (χ4n) is 2.43. The zero-order valence-electron chi connectivity index (χ0n) is 12.2. The highest BCUT2D eigenvalue weighted by Gasteiger charge is 2.23. The molecule has 1 heterocycles. The molecule has 2 unspecified atom stereocenters. The summed E-state index contributed by atoms with van der Waals surface area (Å²) in [4.78, 5) is 2.26. The number of likely N-dealkylation sites (N-methyl/N-ethyl adjacent to an activating group) is 1. The number of nitrogens with two attached hydrogens (primary N) is 1. The van der Waals surface area contributed by atoms with Gasteiger partial charge >= 0.3 is 0 Å². The van der Waals surface area contributed by atoms with Crippen LogP contribution in [0.5, 0.6) is 0 Å². The summed E-state index contributed by atoms with van der Waals surface area (Å²) in [5, 5.41) is 4.23. The van der Waals surface area contributed by atoms with Gasteiger partial charge in [0.15, 0.2) is 0 Å². The lowest BCUT2D eigenvalue weighted by Gasteiger charge is -2.30. The number of hydrogen-bond acceptors (Lipinski definition) is 4. The van der Waals surface area contributed by atoms with Crippen molar-refractivity contribution < 1.29 is 4.74 Å². The lowest BCUT2D eigenvalue weighted by molar-refractivity contribution is 0.0875. The standard InChI is InChI=1S/C14H26N4O/c1-11(15)14(13-8-16-18(3)9-13)17(2)6-7-19-10-12-4-5-12/h8-9,11-12,14H,4-7,10,15H2,1-3H3. The fraction of sp³-hybridized carbons (Fsp3) is 0.786. The van der Waals surface area contributed by atoms with E-state index in [2.05, 4.69) is 17.0 Å². The van der Waals surface area contributed by atoms with Gasteiger partial charge in [0.05, 0.1) is 18.8 Å². The highest BCUT2D eigenvalue weighted by Crippen LogP contribution is 2.28. The molecule has 1 aromatic rings. The van der Waals surface area contributed by atoms with E-state index in [0.29, 0.717) is 0 Å². The van der Waals surface area contributed by atoms with E-state index in [1.165, 1.54) is 18.4 Å². The van der Waals surface area contributed by atoms with Gasteiger partial charge in [0.2, 0.25) is 0 Å². The second-order valence-corrected chi connectivity index (χ2v) is 5.75. The van der Waals surface area contributed by atoms with Crippen LogP contribution in [0.15, 0.2) is 12.4 Å². The van der Waals surface area contributed by atoms with Crippen LogP contribution in [0.25, 0.3) is 0 Å². The number of ether oxygens (including phenoxy) is 1. The van der Waals surface area contributed by atoms with Crippen molar-refractivity contribution in [1.29, 1.82) is 0 Å². The number of aryl methyl sites for hydroxylation is 1. The summed E-state index contributed by atoms with van der Waals surface area (Å²) in [7, 11) is 4.03. The largest absolute Gasteiger partial charge is 0.380 e. The molecule has 1 fully saturated rings. The molecule has 2 rings (SSSR count). The molecule has 1 aliphatic rings. The lowest BCUT2D eigenvalue weighted by Crippen LogP contribution is -2.38. The van der Waals surface area contributed by atoms with Crippen LogP contribution in [0.2, 0.25) is 0 Å². The monoisotopic (exact) mass is 266 g/mol. The van der Waals surface area contributed by atoms with Crippen molar-refractivity contribution in [1.82, 2.24) is 14.7 Å². The van der Waals surface area contributed by atoms with E-state index in [4.69, 9.17) is 10.5 Å². The Balaban J connectivity index is 1.83. The Kier molecular flexibility index (Phi) is 4.96. The Morgan fingerprint density at radius 2 is 2.32 bits per heavy atom. The van der Waals surface area contributed by atoms with Crippen LogP contribution in [0.1, 0.15) is 31.4 Å². The van der Waals surface area contributed by atoms with E-state index in [0.717, 1.165) is 25.7 Å². The van der Waals surface area contributed by atoms with Crippen molar-refractivity contribution >= 4 is 0 Å². The Morgan fingerprint density at radius 1 is 1.58 bits per heavy atom. The van der Waals surface area contributed by atoms with E-state index < -0.39 is 0 Å². The first-order chi connectivity index (χ1) is 9.08. The van der Waals surface area contributed by atoms with E-state index >= 15 is 0 Å². The van der Waals surface area contributed by atoms with Crippen molar-refractivity contribution in [3.63, 3.8) is 0 Å². The number of aromatic nitrogens is 2. The molecule has 1 aliphatic carbocycles. The van der Waals surface area contributed by atoms with Gasteiger partial charge in [-0.05, 0) is 32.7 Å². The average molecular weight is 266 g/mol. The van der Waals surface area contributed by atoms with Gasteiger partial charge in [-0.1, -0.05) is 0 Å². The molecule has 0 radical (unpaired) electrons. The van der Waals surface area contributed by atoms with Crippen LogP contribution >= 0.6 is 0 Å². The second kappa shape index (κ2) is 6.50. The van der Waals surface area contributed by atoms with Gasteiger partial charge in [0.1, 0.15) is 0 Å². The summed E-state index contributed by atoms with van der Waals surface area (Å²) in [6.07, 6.45) is 6.62. The molecule has 1 aromatic heterocycles. The topological polar surface area (TPSA) is 56.3 Å². The zero-order valence-corrected chi connectivity index (χ0v) is 12.2. The van der Waals surface area contributed by atoms with E-state index in [9.17, 15) is 0 Å². The molecular formula is C14H26N4O. The van der Waals surface area contributed by atoms with Crippen LogP contribution in [0.4, 0.5) is 0 Å². The maximum Gasteiger partial charge on any atom is 0.0593 e. The van der Waals surface area contributed by atoms with Crippen molar-refractivity contribution in [2.24, 2.45) is 18.7 Å². The molecule has 108 valence electrons. The molecule has 0 aliphatic heterocycles. The summed E-state index contributed by atoms with van der Waals surface area (Å²) in [5.41, 5.74) is 7.29. The Labute approximate surface area is 115 Å². The molecule has 0 spiro atoms. The molecule has 0 aromatic carbocycles. The molecule has 0 saturated heterocycles. The molecule has 5 heteroatoms. The Morgan fingerprint density at radius 3 is 2.84 bits per heavy atom. The van der Waals surface area contributed by atoms with Gasteiger partial charge in [0, 0.05) is 38.0 Å². The minimum Gasteiger partial charge on any atom is -0.380 e. The Bertz CT molecular complexity index is 387. The van der Waals surface area contributed by atoms with Crippen LogP contribution in [0, 0.1) is 5.92 Å². The summed E-state index contributed by atoms with van der Waals surface area (Å²) in [6, 6.07) is 0.260. The summed E-state index contributed by atoms with van der Waals surface area (Å²) < 4.78 is 7.52. The van der Waals surface area contributed by atoms with Crippen molar-refractivity contribution in [2.75, 3.05) is 26.8 Å². The van der Waals surface area contributed by atoms with Gasteiger partial charge in [-0.3, -0.25) is 9.58 Å². The maximum atomic E-state index is 6.12. The quantitative estimate of drug-likeness (QED) is 0.718. The first-order valence-corrected chi connectivity index (χ1v) is 7.10. The van der Waals surface area contributed by atoms with Gasteiger partial charge in [-0.2, -0.15) is 5.10 Å². The number of rotatable bonds is 8. The fourth-order valence-corrected chi connectivity index (χ4v) is 2.43. The van der Waals surface area contributed by atoms with Gasteiger partial charge in [-0.15, -0.1) is 0 Å². The SMILES string of the molecule is CC(N)C(c1cnn(C)c1)N(C)CCOCC1CC1. The highest BCUT2D eigenvalue weighted by atomic mass is 16.5. The van der Waals surface area contributed by atoms with E-state index in [1.807, 2.05) is 31.0 Å². The summed E-state index contributed by atoms with van der Waals surface area (Å²) >= 11 is 0. The molecule has 0 bridgehead atoms. The predicted molar refractivity (Wildman–Crippen MR) is 75.8 cm³/mol. The summed E-state index contributed by atoms with van der Waals surface area (Å²) in [5.74, 6) is 0.827. The third-order valence-electron chi connectivity index (χ3n) is 3.68. The number of nitrogens with zero attached hydrogens (tertiary/aromatic N) is 3. The molecule has 2 N–H and O–H groups in total. The molecule has 5 nitrogen and oxygen atoms in total. The minimum absolute atomic E-state index is 0.0673. The van der Waals surface area contributed by atoms with Crippen LogP contribution < -0.4 is 5.73 Å². The highest BCUT2D eigenvalue weighted by molar-refractivity contribution is 5.12. The minimum atomic E-state index is 0.0673. The molecule has 19 heavy (non-hydrogen) atoms. The van der Waals surface area contributed by atoms with E-state index in [-0.39, 0.29) is 12.1 Å². The molecule has 2 atom stereocenters. The molecular weight excluding hydrogens is 240 g/mol. The average Bonchev–Trinajstić information content (AvgIpc) is 3.07. The summed E-state index contributed by atoms with van der Waals surface area (Å²) in [6.45, 7) is 4.63.